The van der Waals surface area contributed by atoms with Crippen LogP contribution in [0.5, 0.6) is 0 Å². The monoisotopic (exact) mass is 413 g/mol. The number of likely N-dealkylation sites (N-methyl/N-ethyl adjacent to an activating group) is 1. The van der Waals surface area contributed by atoms with E-state index in [1.165, 1.54) is 90.0 Å². The van der Waals surface area contributed by atoms with Gasteiger partial charge in [0.15, 0.2) is 0 Å². The molecule has 0 aromatic rings. The van der Waals surface area contributed by atoms with E-state index in [0.29, 0.717) is 0 Å². The highest BCUT2D eigenvalue weighted by Crippen LogP contribution is 2.24. The van der Waals surface area contributed by atoms with E-state index in [0.717, 1.165) is 42.5 Å². The molecule has 1 saturated carbocycles. The van der Waals surface area contributed by atoms with Crippen molar-refractivity contribution in [2.45, 2.75) is 116 Å². The van der Waals surface area contributed by atoms with Crippen molar-refractivity contribution in [3.63, 3.8) is 0 Å². The van der Waals surface area contributed by atoms with Crippen LogP contribution < -0.4 is 4.70 Å². The molecule has 29 heavy (non-hydrogen) atoms. The Hall–Kier alpha value is -0.700. The SMILES string of the molecule is CCCCCCCCCCCCCC[N+](C)(C)CCOC1CCCCC1=C=O.[F-]. The summed E-state index contributed by atoms with van der Waals surface area (Å²) in [7, 11) is 4.61. The molecule has 0 heterocycles. The molecule has 0 spiro atoms. The Morgan fingerprint density at radius 2 is 1.41 bits per heavy atom. The van der Waals surface area contributed by atoms with E-state index in [4.69, 9.17) is 4.74 Å². The first-order valence-corrected chi connectivity index (χ1v) is 12.3. The van der Waals surface area contributed by atoms with Gasteiger partial charge >= 0.3 is 0 Å². The molecular formula is C25H48FNO2. The number of quaternary nitrogens is 1. The second kappa shape index (κ2) is 18.1. The molecule has 0 saturated heterocycles. The minimum absolute atomic E-state index is 0. The van der Waals surface area contributed by atoms with Crippen molar-refractivity contribution in [1.82, 2.24) is 0 Å². The Balaban J connectivity index is 0.00000784. The Kier molecular flexibility index (Phi) is 17.7. The van der Waals surface area contributed by atoms with Gasteiger partial charge in [-0.3, -0.25) is 0 Å². The molecule has 1 fully saturated rings. The Labute approximate surface area is 180 Å². The van der Waals surface area contributed by atoms with E-state index >= 15 is 0 Å². The van der Waals surface area contributed by atoms with E-state index in [-0.39, 0.29) is 10.8 Å². The number of unbranched alkanes of at least 4 members (excludes halogenated alkanes) is 11. The Morgan fingerprint density at radius 3 is 1.97 bits per heavy atom. The lowest BCUT2D eigenvalue weighted by molar-refractivity contribution is -0.891. The number of carbonyl (C=O) groups excluding carboxylic acids is 1. The molecule has 1 aliphatic rings. The van der Waals surface area contributed by atoms with Gasteiger partial charge in [0.05, 0.1) is 33.4 Å². The van der Waals surface area contributed by atoms with Crippen LogP contribution in [0.3, 0.4) is 0 Å². The minimum Gasteiger partial charge on any atom is -1.00 e. The Morgan fingerprint density at radius 1 is 0.862 bits per heavy atom. The van der Waals surface area contributed by atoms with Crippen LogP contribution in [0.2, 0.25) is 0 Å². The third-order valence-corrected chi connectivity index (χ3v) is 6.31. The summed E-state index contributed by atoms with van der Waals surface area (Å²) in [5.74, 6) is 2.12. The van der Waals surface area contributed by atoms with Crippen LogP contribution in [0.15, 0.2) is 5.57 Å². The zero-order chi connectivity index (χ0) is 20.5. The van der Waals surface area contributed by atoms with Gasteiger partial charge in [-0.1, -0.05) is 77.6 Å². The molecular weight excluding hydrogens is 365 g/mol. The van der Waals surface area contributed by atoms with Gasteiger partial charge in [0.2, 0.25) is 0 Å². The van der Waals surface area contributed by atoms with Gasteiger partial charge in [-0.05, 0) is 32.1 Å². The van der Waals surface area contributed by atoms with Crippen molar-refractivity contribution in [1.29, 1.82) is 0 Å². The van der Waals surface area contributed by atoms with E-state index in [9.17, 15) is 4.79 Å². The second-order valence-corrected chi connectivity index (χ2v) is 9.50. The maximum absolute atomic E-state index is 11.0. The zero-order valence-electron chi connectivity index (χ0n) is 19.7. The number of rotatable bonds is 17. The summed E-state index contributed by atoms with van der Waals surface area (Å²) >= 11 is 0. The van der Waals surface area contributed by atoms with Gasteiger partial charge in [0.1, 0.15) is 12.5 Å². The zero-order valence-corrected chi connectivity index (χ0v) is 19.7. The highest BCUT2D eigenvalue weighted by molar-refractivity contribution is 5.54. The molecule has 1 aliphatic carbocycles. The number of nitrogens with zero attached hydrogens (tertiary/aromatic N) is 1. The topological polar surface area (TPSA) is 26.3 Å². The number of hydrogen-bond donors (Lipinski definition) is 0. The quantitative estimate of drug-likeness (QED) is 0.207. The molecule has 3 nitrogen and oxygen atoms in total. The largest absolute Gasteiger partial charge is 1.00 e. The summed E-state index contributed by atoms with van der Waals surface area (Å²) in [5, 5.41) is 0. The van der Waals surface area contributed by atoms with Gasteiger partial charge < -0.3 is 13.9 Å². The molecule has 0 radical (unpaired) electrons. The van der Waals surface area contributed by atoms with E-state index in [1.807, 2.05) is 0 Å². The van der Waals surface area contributed by atoms with Crippen LogP contribution in [0.1, 0.15) is 110 Å². The number of hydrogen-bond acceptors (Lipinski definition) is 2. The molecule has 0 aromatic heterocycles. The maximum atomic E-state index is 11.0. The number of ether oxygens (including phenoxy) is 1. The summed E-state index contributed by atoms with van der Waals surface area (Å²) in [5.41, 5.74) is 0.859. The molecule has 1 rings (SSSR count). The highest BCUT2D eigenvalue weighted by Gasteiger charge is 2.22. The van der Waals surface area contributed by atoms with Crippen LogP contribution in [0.4, 0.5) is 0 Å². The molecule has 172 valence electrons. The molecule has 4 heteroatoms. The second-order valence-electron chi connectivity index (χ2n) is 9.50. The predicted octanol–water partition coefficient (Wildman–Crippen LogP) is 3.49. The fraction of sp³-hybridized carbons (Fsp3) is 0.920. The summed E-state index contributed by atoms with van der Waals surface area (Å²) in [4.78, 5) is 11.0. The van der Waals surface area contributed by atoms with Crippen molar-refractivity contribution < 1.29 is 18.7 Å². The van der Waals surface area contributed by atoms with Crippen molar-refractivity contribution in [3.8, 4) is 0 Å². The lowest BCUT2D eigenvalue weighted by atomic mass is 9.93. The standard InChI is InChI=1S/C25H48NO2.FH/c1-4-5-6-7-8-9-10-11-12-13-14-17-20-26(2,3)21-22-28-25-19-16-15-18-24(25)23-27;/h25H,4-22H2,1-3H3;1H/q+1;/p-1. The van der Waals surface area contributed by atoms with Crippen molar-refractivity contribution >= 4 is 5.94 Å². The van der Waals surface area contributed by atoms with Crippen molar-refractivity contribution in [2.75, 3.05) is 33.8 Å². The van der Waals surface area contributed by atoms with Crippen molar-refractivity contribution in [2.24, 2.45) is 0 Å². The van der Waals surface area contributed by atoms with Gasteiger partial charge in [-0.15, -0.1) is 0 Å². The van der Waals surface area contributed by atoms with Gasteiger partial charge in [0.25, 0.3) is 0 Å². The summed E-state index contributed by atoms with van der Waals surface area (Å²) in [6.07, 6.45) is 21.1. The fourth-order valence-corrected chi connectivity index (χ4v) is 4.22. The first-order chi connectivity index (χ1) is 13.6. The minimum atomic E-state index is 0. The Bertz CT molecular complexity index is 433. The normalized spacial score (nSPS) is 17.1. The van der Waals surface area contributed by atoms with Gasteiger partial charge in [-0.2, -0.15) is 0 Å². The summed E-state index contributed by atoms with van der Waals surface area (Å²) in [6, 6.07) is 0. The summed E-state index contributed by atoms with van der Waals surface area (Å²) in [6.45, 7) is 5.29. The van der Waals surface area contributed by atoms with Crippen molar-refractivity contribution in [3.05, 3.63) is 5.57 Å². The van der Waals surface area contributed by atoms with E-state index in [1.54, 1.807) is 0 Å². The maximum Gasteiger partial charge on any atom is 0.126 e. The first-order valence-electron chi connectivity index (χ1n) is 12.3. The summed E-state index contributed by atoms with van der Waals surface area (Å²) < 4.78 is 7.04. The molecule has 1 atom stereocenters. The third-order valence-electron chi connectivity index (χ3n) is 6.31. The predicted molar refractivity (Wildman–Crippen MR) is 120 cm³/mol. The van der Waals surface area contributed by atoms with Crippen LogP contribution >= 0.6 is 0 Å². The molecule has 0 N–H and O–H groups in total. The molecule has 0 aromatic carbocycles. The fourth-order valence-electron chi connectivity index (χ4n) is 4.22. The molecule has 0 aliphatic heterocycles. The number of halogens is 1. The van der Waals surface area contributed by atoms with Crippen LogP contribution in [0.25, 0.3) is 0 Å². The average molecular weight is 414 g/mol. The van der Waals surface area contributed by atoms with E-state index in [2.05, 4.69) is 27.0 Å². The molecule has 0 bridgehead atoms. The highest BCUT2D eigenvalue weighted by atomic mass is 19.0. The first kappa shape index (κ1) is 28.3. The third kappa shape index (κ3) is 14.9. The average Bonchev–Trinajstić information content (AvgIpc) is 2.69. The van der Waals surface area contributed by atoms with Gasteiger partial charge in [-0.25, -0.2) is 4.79 Å². The smallest absolute Gasteiger partial charge is 0.126 e. The lowest BCUT2D eigenvalue weighted by Crippen LogP contribution is -3.00. The lowest BCUT2D eigenvalue weighted by Gasteiger charge is -2.31. The van der Waals surface area contributed by atoms with Crippen LogP contribution in [0, 0.1) is 0 Å². The van der Waals surface area contributed by atoms with Crippen LogP contribution in [-0.4, -0.2) is 50.3 Å². The molecule has 1 unspecified atom stereocenters. The molecule has 0 amide bonds. The van der Waals surface area contributed by atoms with E-state index < -0.39 is 0 Å². The van der Waals surface area contributed by atoms with Crippen LogP contribution in [-0.2, 0) is 9.53 Å². The van der Waals surface area contributed by atoms with Gasteiger partial charge in [0, 0.05) is 5.57 Å².